The van der Waals surface area contributed by atoms with Gasteiger partial charge in [0.1, 0.15) is 0 Å². The summed E-state index contributed by atoms with van der Waals surface area (Å²) in [5.74, 6) is 0. The maximum absolute atomic E-state index is 5.93. The van der Waals surface area contributed by atoms with Crippen LogP contribution in [0.15, 0.2) is 12.7 Å². The van der Waals surface area contributed by atoms with Gasteiger partial charge in [-0.15, -0.1) is 6.58 Å². The minimum atomic E-state index is -0.514. The van der Waals surface area contributed by atoms with Crippen molar-refractivity contribution in [2.24, 2.45) is 0 Å². The molecule has 0 amide bonds. The van der Waals surface area contributed by atoms with Crippen LogP contribution in [0.1, 0.15) is 45.4 Å². The predicted molar refractivity (Wildman–Crippen MR) is 66.7 cm³/mol. The van der Waals surface area contributed by atoms with Gasteiger partial charge in [0.2, 0.25) is 0 Å². The summed E-state index contributed by atoms with van der Waals surface area (Å²) in [4.78, 5) is 0. The summed E-state index contributed by atoms with van der Waals surface area (Å²) in [6, 6.07) is 0. The molecule has 88 valence electrons. The van der Waals surface area contributed by atoms with Crippen LogP contribution in [0.3, 0.4) is 0 Å². The maximum Gasteiger partial charge on any atom is 0.191 e. The van der Waals surface area contributed by atoms with Gasteiger partial charge < -0.3 is 9.16 Å². The molecule has 0 aromatic carbocycles. The zero-order chi connectivity index (χ0) is 10.9. The van der Waals surface area contributed by atoms with Crippen molar-refractivity contribution in [2.45, 2.75) is 57.3 Å². The lowest BCUT2D eigenvalue weighted by Gasteiger charge is -2.24. The van der Waals surface area contributed by atoms with E-state index in [1.165, 1.54) is 32.1 Å². The minimum Gasteiger partial charge on any atom is -0.415 e. The molecule has 2 atom stereocenters. The fourth-order valence-electron chi connectivity index (χ4n) is 1.84. The quantitative estimate of drug-likeness (QED) is 0.492. The predicted octanol–water partition coefficient (Wildman–Crippen LogP) is 2.36. The van der Waals surface area contributed by atoms with Gasteiger partial charge in [-0.25, -0.2) is 0 Å². The molecule has 1 heterocycles. The average Bonchev–Trinajstić information content (AvgIpc) is 2.31. The molecule has 2 unspecified atom stereocenters. The van der Waals surface area contributed by atoms with Crippen molar-refractivity contribution in [3.63, 3.8) is 0 Å². The highest BCUT2D eigenvalue weighted by atomic mass is 28.2. The van der Waals surface area contributed by atoms with E-state index >= 15 is 0 Å². The molecule has 15 heavy (non-hydrogen) atoms. The first-order chi connectivity index (χ1) is 7.36. The third-order valence-corrected chi connectivity index (χ3v) is 4.51. The lowest BCUT2D eigenvalue weighted by molar-refractivity contribution is 0.0519. The van der Waals surface area contributed by atoms with Crippen molar-refractivity contribution in [3.8, 4) is 0 Å². The molecule has 0 N–H and O–H groups in total. The highest BCUT2D eigenvalue weighted by Gasteiger charge is 2.16. The van der Waals surface area contributed by atoms with Gasteiger partial charge in [0.25, 0.3) is 0 Å². The molecule has 1 aliphatic heterocycles. The third kappa shape index (κ3) is 5.49. The van der Waals surface area contributed by atoms with Gasteiger partial charge in [0.05, 0.1) is 11.8 Å². The second kappa shape index (κ2) is 8.08. The van der Waals surface area contributed by atoms with Crippen LogP contribution in [0.2, 0.25) is 0 Å². The van der Waals surface area contributed by atoms with Gasteiger partial charge >= 0.3 is 0 Å². The summed E-state index contributed by atoms with van der Waals surface area (Å²) in [5.41, 5.74) is 0.461. The molecule has 0 saturated carbocycles. The zero-order valence-corrected chi connectivity index (χ0v) is 11.3. The molecule has 0 radical (unpaired) electrons. The third-order valence-electron chi connectivity index (χ3n) is 2.88. The van der Waals surface area contributed by atoms with E-state index in [2.05, 4.69) is 13.5 Å². The van der Waals surface area contributed by atoms with Crippen molar-refractivity contribution in [1.29, 1.82) is 0 Å². The fraction of sp³-hybridized carbons (Fsp3) is 0.833. The first-order valence-corrected chi connectivity index (χ1v) is 7.62. The zero-order valence-electron chi connectivity index (χ0n) is 9.91. The van der Waals surface area contributed by atoms with E-state index in [4.69, 9.17) is 9.16 Å². The van der Waals surface area contributed by atoms with Crippen molar-refractivity contribution in [1.82, 2.24) is 0 Å². The van der Waals surface area contributed by atoms with Crippen molar-refractivity contribution in [3.05, 3.63) is 12.7 Å². The lowest BCUT2D eigenvalue weighted by atomic mass is 10.2. The van der Waals surface area contributed by atoms with Gasteiger partial charge in [-0.05, 0) is 25.7 Å². The average molecular weight is 228 g/mol. The Morgan fingerprint density at radius 3 is 3.07 bits per heavy atom. The number of hydrogen-bond donors (Lipinski definition) is 0. The molecule has 0 aliphatic carbocycles. The van der Waals surface area contributed by atoms with Crippen molar-refractivity contribution < 1.29 is 9.16 Å². The lowest BCUT2D eigenvalue weighted by Crippen LogP contribution is -2.29. The summed E-state index contributed by atoms with van der Waals surface area (Å²) < 4.78 is 11.6. The monoisotopic (exact) mass is 228 g/mol. The molecule has 1 saturated heterocycles. The molecule has 0 aromatic heterocycles. The number of rotatable bonds is 7. The Kier molecular flexibility index (Phi) is 6.97. The Morgan fingerprint density at radius 2 is 2.47 bits per heavy atom. The van der Waals surface area contributed by atoms with Crippen LogP contribution in [0.4, 0.5) is 0 Å². The normalized spacial score (nSPS) is 24.5. The van der Waals surface area contributed by atoms with Crippen LogP contribution in [-0.4, -0.2) is 28.2 Å². The van der Waals surface area contributed by atoms with Crippen LogP contribution in [0.5, 0.6) is 0 Å². The molecule has 1 aliphatic rings. The molecular weight excluding hydrogens is 204 g/mol. The first kappa shape index (κ1) is 12.9. The Morgan fingerprint density at radius 1 is 1.60 bits per heavy atom. The molecule has 3 heteroatoms. The summed E-state index contributed by atoms with van der Waals surface area (Å²) >= 11 is 0. The van der Waals surface area contributed by atoms with E-state index in [0.717, 1.165) is 13.0 Å². The Hall–Kier alpha value is -0.123. The second-order valence-corrected chi connectivity index (χ2v) is 5.82. The SMILES string of the molecule is C=CC(CCCC)O[SiH2]C1CCCCO1. The number of hydrogen-bond acceptors (Lipinski definition) is 2. The second-order valence-electron chi connectivity index (χ2n) is 4.24. The highest BCUT2D eigenvalue weighted by molar-refractivity contribution is 6.29. The molecule has 2 nitrogen and oxygen atoms in total. The number of unbranched alkanes of at least 4 members (excludes halogenated alkanes) is 1. The van der Waals surface area contributed by atoms with Gasteiger partial charge in [0, 0.05) is 6.61 Å². The standard InChI is InChI=1S/C12H24O2Si/c1-3-5-8-11(4-2)14-15-12-9-6-7-10-13-12/h4,11-12H,2-3,5-10,15H2,1H3. The van der Waals surface area contributed by atoms with Crippen molar-refractivity contribution >= 4 is 9.76 Å². The summed E-state index contributed by atoms with van der Waals surface area (Å²) in [6.07, 6.45) is 9.57. The Labute approximate surface area is 96.0 Å². The topological polar surface area (TPSA) is 18.5 Å². The van der Waals surface area contributed by atoms with Crippen LogP contribution in [0, 0.1) is 0 Å². The van der Waals surface area contributed by atoms with Gasteiger partial charge in [0.15, 0.2) is 9.76 Å². The van der Waals surface area contributed by atoms with E-state index in [1.807, 2.05) is 6.08 Å². The van der Waals surface area contributed by atoms with Crippen molar-refractivity contribution in [2.75, 3.05) is 6.61 Å². The summed E-state index contributed by atoms with van der Waals surface area (Å²) in [5, 5.41) is 0. The molecule has 1 fully saturated rings. The fourth-order valence-corrected chi connectivity index (χ4v) is 3.33. The molecule has 0 aromatic rings. The van der Waals surface area contributed by atoms with E-state index in [9.17, 15) is 0 Å². The minimum absolute atomic E-state index is 0.280. The van der Waals surface area contributed by atoms with E-state index in [1.54, 1.807) is 0 Å². The van der Waals surface area contributed by atoms with Crippen LogP contribution in [-0.2, 0) is 9.16 Å². The Bertz CT molecular complexity index is 167. The maximum atomic E-state index is 5.93. The number of ether oxygens (including phenoxy) is 1. The molecule has 1 rings (SSSR count). The highest BCUT2D eigenvalue weighted by Crippen LogP contribution is 2.13. The van der Waals surface area contributed by atoms with Crippen LogP contribution in [0.25, 0.3) is 0 Å². The van der Waals surface area contributed by atoms with E-state index in [-0.39, 0.29) is 6.10 Å². The summed E-state index contributed by atoms with van der Waals surface area (Å²) in [7, 11) is -0.514. The van der Waals surface area contributed by atoms with Gasteiger partial charge in [-0.3, -0.25) is 0 Å². The molecule has 0 bridgehead atoms. The molecular formula is C12H24O2Si. The first-order valence-electron chi connectivity index (χ1n) is 6.22. The Balaban J connectivity index is 2.11. The molecule has 0 spiro atoms. The van der Waals surface area contributed by atoms with Gasteiger partial charge in [-0.2, -0.15) is 0 Å². The van der Waals surface area contributed by atoms with Crippen LogP contribution < -0.4 is 0 Å². The van der Waals surface area contributed by atoms with E-state index in [0.29, 0.717) is 5.73 Å². The van der Waals surface area contributed by atoms with Gasteiger partial charge in [-0.1, -0.05) is 25.8 Å². The largest absolute Gasteiger partial charge is 0.415 e. The summed E-state index contributed by atoms with van der Waals surface area (Å²) in [6.45, 7) is 6.98. The smallest absolute Gasteiger partial charge is 0.191 e. The van der Waals surface area contributed by atoms with E-state index < -0.39 is 9.76 Å². The van der Waals surface area contributed by atoms with Crippen LogP contribution >= 0.6 is 0 Å².